The molecule has 1 aliphatic rings. The maximum absolute atomic E-state index is 12.3. The molecule has 134 valence electrons. The standard InChI is InChI=1S/C18H22N2O3S2/c1-14-6-7-15(19-18(21)9-8-16-5-4-11-24-16)13-17(14)20-10-2-3-12-25(20,22)23/h4-7,11,13H,2-3,8-10,12H2,1H3,(H,19,21). The van der Waals surface area contributed by atoms with Crippen LogP contribution in [-0.4, -0.2) is 26.6 Å². The van der Waals surface area contributed by atoms with E-state index in [4.69, 9.17) is 0 Å². The van der Waals surface area contributed by atoms with Crippen LogP contribution in [-0.2, 0) is 21.2 Å². The minimum Gasteiger partial charge on any atom is -0.326 e. The fourth-order valence-electron chi connectivity index (χ4n) is 2.93. The number of carbonyl (C=O) groups excluding carboxylic acids is 1. The lowest BCUT2D eigenvalue weighted by Gasteiger charge is -2.29. The molecule has 3 rings (SSSR count). The summed E-state index contributed by atoms with van der Waals surface area (Å²) in [5.41, 5.74) is 2.19. The van der Waals surface area contributed by atoms with Crippen molar-refractivity contribution in [3.63, 3.8) is 0 Å². The van der Waals surface area contributed by atoms with E-state index in [1.807, 2.05) is 36.6 Å². The smallest absolute Gasteiger partial charge is 0.235 e. The molecular weight excluding hydrogens is 356 g/mol. The molecule has 1 aromatic heterocycles. The van der Waals surface area contributed by atoms with Gasteiger partial charge in [-0.25, -0.2) is 8.42 Å². The molecule has 1 saturated heterocycles. The summed E-state index contributed by atoms with van der Waals surface area (Å²) < 4.78 is 26.2. The van der Waals surface area contributed by atoms with Crippen LogP contribution < -0.4 is 9.62 Å². The molecule has 1 fully saturated rings. The number of hydrogen-bond acceptors (Lipinski definition) is 4. The molecule has 2 heterocycles. The van der Waals surface area contributed by atoms with Gasteiger partial charge in [0.1, 0.15) is 0 Å². The van der Waals surface area contributed by atoms with Crippen LogP contribution in [0.25, 0.3) is 0 Å². The summed E-state index contributed by atoms with van der Waals surface area (Å²) in [5, 5.41) is 4.88. The quantitative estimate of drug-likeness (QED) is 0.865. The van der Waals surface area contributed by atoms with Gasteiger partial charge in [-0.2, -0.15) is 0 Å². The van der Waals surface area contributed by atoms with Gasteiger partial charge >= 0.3 is 0 Å². The summed E-state index contributed by atoms with van der Waals surface area (Å²) in [4.78, 5) is 13.3. The highest BCUT2D eigenvalue weighted by Crippen LogP contribution is 2.29. The normalized spacial score (nSPS) is 16.6. The molecule has 5 nitrogen and oxygen atoms in total. The molecule has 0 atom stereocenters. The third-order valence-electron chi connectivity index (χ3n) is 4.29. The van der Waals surface area contributed by atoms with Gasteiger partial charge in [-0.15, -0.1) is 11.3 Å². The maximum Gasteiger partial charge on any atom is 0.235 e. The van der Waals surface area contributed by atoms with Crippen molar-refractivity contribution < 1.29 is 13.2 Å². The number of sulfonamides is 1. The zero-order valence-electron chi connectivity index (χ0n) is 14.2. The number of nitrogens with one attached hydrogen (secondary N) is 1. The number of carbonyl (C=O) groups is 1. The minimum atomic E-state index is -3.26. The second-order valence-electron chi connectivity index (χ2n) is 6.22. The molecular formula is C18H22N2O3S2. The lowest BCUT2D eigenvalue weighted by molar-refractivity contribution is -0.116. The van der Waals surface area contributed by atoms with E-state index in [-0.39, 0.29) is 11.7 Å². The summed E-state index contributed by atoms with van der Waals surface area (Å²) in [6.07, 6.45) is 2.68. The molecule has 2 aromatic rings. The van der Waals surface area contributed by atoms with Crippen molar-refractivity contribution in [3.8, 4) is 0 Å². The summed E-state index contributed by atoms with van der Waals surface area (Å²) in [7, 11) is -3.26. The van der Waals surface area contributed by atoms with E-state index in [9.17, 15) is 13.2 Å². The molecule has 7 heteroatoms. The average Bonchev–Trinajstić information content (AvgIpc) is 3.08. The van der Waals surface area contributed by atoms with Crippen LogP contribution >= 0.6 is 11.3 Å². The van der Waals surface area contributed by atoms with E-state index < -0.39 is 10.0 Å². The lowest BCUT2D eigenvalue weighted by Crippen LogP contribution is -2.38. The van der Waals surface area contributed by atoms with E-state index in [0.29, 0.717) is 37.2 Å². The zero-order valence-corrected chi connectivity index (χ0v) is 15.8. The van der Waals surface area contributed by atoms with Crippen LogP contribution in [0.1, 0.15) is 29.7 Å². The highest BCUT2D eigenvalue weighted by molar-refractivity contribution is 7.92. The molecule has 25 heavy (non-hydrogen) atoms. The van der Waals surface area contributed by atoms with Gasteiger partial charge in [-0.3, -0.25) is 9.10 Å². The van der Waals surface area contributed by atoms with Crippen LogP contribution in [0.2, 0.25) is 0 Å². The Morgan fingerprint density at radius 3 is 2.84 bits per heavy atom. The van der Waals surface area contributed by atoms with Crippen LogP contribution in [0.4, 0.5) is 11.4 Å². The molecule has 1 aliphatic heterocycles. The SMILES string of the molecule is Cc1ccc(NC(=O)CCc2cccs2)cc1N1CCCCS1(=O)=O. The number of anilines is 2. The molecule has 0 bridgehead atoms. The monoisotopic (exact) mass is 378 g/mol. The first-order chi connectivity index (χ1) is 12.0. The third-order valence-corrected chi connectivity index (χ3v) is 7.08. The molecule has 1 amide bonds. The second kappa shape index (κ2) is 7.58. The van der Waals surface area contributed by atoms with Crippen molar-refractivity contribution >= 4 is 38.6 Å². The fraction of sp³-hybridized carbons (Fsp3) is 0.389. The Bertz CT molecular complexity index is 845. The Morgan fingerprint density at radius 2 is 2.12 bits per heavy atom. The van der Waals surface area contributed by atoms with Crippen LogP contribution in [0.5, 0.6) is 0 Å². The van der Waals surface area contributed by atoms with Crippen molar-refractivity contribution in [3.05, 3.63) is 46.2 Å². The number of thiophene rings is 1. The maximum atomic E-state index is 12.3. The number of rotatable bonds is 5. The van der Waals surface area contributed by atoms with Crippen molar-refractivity contribution in [2.45, 2.75) is 32.6 Å². The Balaban J connectivity index is 1.71. The van der Waals surface area contributed by atoms with Gasteiger partial charge in [0.05, 0.1) is 11.4 Å². The van der Waals surface area contributed by atoms with E-state index >= 15 is 0 Å². The number of amides is 1. The molecule has 1 aromatic carbocycles. The van der Waals surface area contributed by atoms with Crippen LogP contribution in [0.15, 0.2) is 35.7 Å². The first kappa shape index (κ1) is 17.9. The van der Waals surface area contributed by atoms with Gasteiger partial charge in [-0.05, 0) is 55.3 Å². The third kappa shape index (κ3) is 4.41. The van der Waals surface area contributed by atoms with Gasteiger partial charge in [0.15, 0.2) is 0 Å². The minimum absolute atomic E-state index is 0.0651. The molecule has 0 radical (unpaired) electrons. The Hall–Kier alpha value is -1.86. The summed E-state index contributed by atoms with van der Waals surface area (Å²) in [6, 6.07) is 9.43. The summed E-state index contributed by atoms with van der Waals surface area (Å²) in [5.74, 6) is 0.119. The largest absolute Gasteiger partial charge is 0.326 e. The van der Waals surface area contributed by atoms with Gasteiger partial charge in [0.2, 0.25) is 15.9 Å². The Kier molecular flexibility index (Phi) is 5.44. The van der Waals surface area contributed by atoms with Crippen LogP contribution in [0.3, 0.4) is 0 Å². The fourth-order valence-corrected chi connectivity index (χ4v) is 5.33. The summed E-state index contributed by atoms with van der Waals surface area (Å²) >= 11 is 1.64. The van der Waals surface area contributed by atoms with Gasteiger partial charge in [-0.1, -0.05) is 12.1 Å². The van der Waals surface area contributed by atoms with Crippen molar-refractivity contribution in [1.29, 1.82) is 0 Å². The van der Waals surface area contributed by atoms with Crippen molar-refractivity contribution in [2.75, 3.05) is 21.9 Å². The predicted molar refractivity (Wildman–Crippen MR) is 103 cm³/mol. The topological polar surface area (TPSA) is 66.5 Å². The van der Waals surface area contributed by atoms with Gasteiger partial charge in [0.25, 0.3) is 0 Å². The number of benzene rings is 1. The van der Waals surface area contributed by atoms with Gasteiger partial charge < -0.3 is 5.32 Å². The van der Waals surface area contributed by atoms with E-state index in [2.05, 4.69) is 5.32 Å². The first-order valence-corrected chi connectivity index (χ1v) is 10.9. The van der Waals surface area contributed by atoms with E-state index in [1.54, 1.807) is 17.4 Å². The van der Waals surface area contributed by atoms with E-state index in [0.717, 1.165) is 12.0 Å². The van der Waals surface area contributed by atoms with Crippen molar-refractivity contribution in [2.24, 2.45) is 0 Å². The molecule has 0 aliphatic carbocycles. The average molecular weight is 379 g/mol. The van der Waals surface area contributed by atoms with Gasteiger partial charge in [0, 0.05) is 23.5 Å². The summed E-state index contributed by atoms with van der Waals surface area (Å²) in [6.45, 7) is 2.39. The molecule has 0 spiro atoms. The highest BCUT2D eigenvalue weighted by Gasteiger charge is 2.27. The second-order valence-corrected chi connectivity index (χ2v) is 9.27. The zero-order chi connectivity index (χ0) is 17.9. The lowest BCUT2D eigenvalue weighted by atomic mass is 10.1. The number of nitrogens with zero attached hydrogens (tertiary/aromatic N) is 1. The Labute approximate surface area is 152 Å². The molecule has 0 unspecified atom stereocenters. The van der Waals surface area contributed by atoms with E-state index in [1.165, 1.54) is 9.18 Å². The number of aryl methyl sites for hydroxylation is 2. The highest BCUT2D eigenvalue weighted by atomic mass is 32.2. The first-order valence-electron chi connectivity index (χ1n) is 8.39. The van der Waals surface area contributed by atoms with Crippen LogP contribution in [0, 0.1) is 6.92 Å². The molecule has 0 saturated carbocycles. The van der Waals surface area contributed by atoms with Crippen molar-refractivity contribution in [1.82, 2.24) is 0 Å². The number of hydrogen-bond donors (Lipinski definition) is 1. The predicted octanol–water partition coefficient (Wildman–Crippen LogP) is 3.56. The molecule has 1 N–H and O–H groups in total. The Morgan fingerprint density at radius 1 is 1.28 bits per heavy atom.